The van der Waals surface area contributed by atoms with Gasteiger partial charge in [-0.3, -0.25) is 9.59 Å². The zero-order valence-electron chi connectivity index (χ0n) is 28.8. The molecule has 0 spiro atoms. The summed E-state index contributed by atoms with van der Waals surface area (Å²) in [6.07, 6.45) is 2.13. The molecule has 0 bridgehead atoms. The Morgan fingerprint density at radius 3 is 0.917 bits per heavy atom. The van der Waals surface area contributed by atoms with Crippen LogP contribution in [0.3, 0.4) is 0 Å². The summed E-state index contributed by atoms with van der Waals surface area (Å²) in [6.45, 7) is 8.15. The molecule has 6 heteroatoms. The lowest BCUT2D eigenvalue weighted by molar-refractivity contribution is -0.143. The van der Waals surface area contributed by atoms with Gasteiger partial charge in [0, 0.05) is 25.7 Å². The molecule has 0 saturated carbocycles. The minimum absolute atomic E-state index is 0.131. The summed E-state index contributed by atoms with van der Waals surface area (Å²) in [4.78, 5) is 27.7. The molecule has 4 aromatic rings. The summed E-state index contributed by atoms with van der Waals surface area (Å²) in [6, 6.07) is 37.5. The van der Waals surface area contributed by atoms with Crippen LogP contribution < -0.4 is 10.6 Å². The lowest BCUT2D eigenvalue weighted by Gasteiger charge is -2.39. The zero-order valence-corrected chi connectivity index (χ0v) is 28.8. The van der Waals surface area contributed by atoms with Crippen LogP contribution in [0.2, 0.25) is 0 Å². The van der Waals surface area contributed by atoms with E-state index in [1.54, 1.807) is 0 Å². The lowest BCUT2D eigenvalue weighted by Crippen LogP contribution is -2.61. The Morgan fingerprint density at radius 1 is 0.479 bits per heavy atom. The Kier molecular flexibility index (Phi) is 13.1. The predicted octanol–water partition coefficient (Wildman–Crippen LogP) is 6.48. The molecule has 4 aromatic carbocycles. The monoisotopic (exact) mass is 648 g/mol. The molecule has 2 amide bonds. The number of benzene rings is 4. The molecule has 0 aliphatic heterocycles. The predicted molar refractivity (Wildman–Crippen MR) is 193 cm³/mol. The minimum atomic E-state index is -1.37. The van der Waals surface area contributed by atoms with E-state index in [2.05, 4.69) is 10.6 Å². The molecule has 2 unspecified atom stereocenters. The normalized spacial score (nSPS) is 13.2. The Balaban J connectivity index is 1.63. The standard InChI is InChI=1S/C42H52N2O4/c1-31(2)25-37(41(47,27-33-17-9-5-10-18-33)28-34-19-11-6-12-20-34)43-39(45)40(46)44-38(26-32(3)4)42(48,29-35-21-13-7-14-22-35)30-36-23-15-8-16-24-36/h5-24,31-32,37-38,47-48H,25-30H2,1-4H3,(H,43,45)(H,44,46). The minimum Gasteiger partial charge on any atom is -0.387 e. The maximum absolute atomic E-state index is 13.8. The van der Waals surface area contributed by atoms with Gasteiger partial charge in [0.1, 0.15) is 0 Å². The van der Waals surface area contributed by atoms with Gasteiger partial charge in [-0.15, -0.1) is 0 Å². The molecule has 4 rings (SSSR count). The quantitative estimate of drug-likeness (QED) is 0.105. The highest BCUT2D eigenvalue weighted by atomic mass is 16.3. The number of carbonyl (C=O) groups excluding carboxylic acids is 2. The van der Waals surface area contributed by atoms with Gasteiger partial charge in [-0.25, -0.2) is 0 Å². The second-order valence-electron chi connectivity index (χ2n) is 14.2. The van der Waals surface area contributed by atoms with E-state index in [0.29, 0.717) is 38.5 Å². The molecule has 0 heterocycles. The fraction of sp³-hybridized carbons (Fsp3) is 0.381. The van der Waals surface area contributed by atoms with Gasteiger partial charge in [0.2, 0.25) is 0 Å². The van der Waals surface area contributed by atoms with Crippen LogP contribution in [0.15, 0.2) is 121 Å². The van der Waals surface area contributed by atoms with Gasteiger partial charge in [0.25, 0.3) is 0 Å². The van der Waals surface area contributed by atoms with Crippen LogP contribution in [0.5, 0.6) is 0 Å². The lowest BCUT2D eigenvalue weighted by atomic mass is 9.78. The fourth-order valence-corrected chi connectivity index (χ4v) is 6.63. The van der Waals surface area contributed by atoms with Crippen molar-refractivity contribution in [3.05, 3.63) is 144 Å². The highest BCUT2D eigenvalue weighted by Crippen LogP contribution is 2.29. The molecule has 0 aromatic heterocycles. The maximum Gasteiger partial charge on any atom is 0.309 e. The molecule has 4 N–H and O–H groups in total. The summed E-state index contributed by atoms with van der Waals surface area (Å²) in [5.41, 5.74) is 1.00. The largest absolute Gasteiger partial charge is 0.387 e. The fourth-order valence-electron chi connectivity index (χ4n) is 6.63. The van der Waals surface area contributed by atoms with E-state index in [1.807, 2.05) is 149 Å². The molecule has 6 nitrogen and oxygen atoms in total. The van der Waals surface area contributed by atoms with Gasteiger partial charge in [-0.2, -0.15) is 0 Å². The molecule has 0 fully saturated rings. The summed E-state index contributed by atoms with van der Waals surface area (Å²) >= 11 is 0. The van der Waals surface area contributed by atoms with Crippen LogP contribution in [0.25, 0.3) is 0 Å². The van der Waals surface area contributed by atoms with Crippen LogP contribution in [0.4, 0.5) is 0 Å². The van der Waals surface area contributed by atoms with Gasteiger partial charge in [-0.05, 0) is 46.9 Å². The SMILES string of the molecule is CC(C)CC(NC(=O)C(=O)NC(CC(C)C)C(O)(Cc1ccccc1)Cc1ccccc1)C(O)(Cc1ccccc1)Cc1ccccc1. The van der Waals surface area contributed by atoms with Crippen molar-refractivity contribution < 1.29 is 19.8 Å². The van der Waals surface area contributed by atoms with Crippen LogP contribution in [0.1, 0.15) is 62.8 Å². The van der Waals surface area contributed by atoms with E-state index in [4.69, 9.17) is 0 Å². The summed E-state index contributed by atoms with van der Waals surface area (Å²) in [7, 11) is 0. The first-order valence-electron chi connectivity index (χ1n) is 17.2. The van der Waals surface area contributed by atoms with Crippen molar-refractivity contribution >= 4 is 11.8 Å². The van der Waals surface area contributed by atoms with Crippen LogP contribution in [-0.4, -0.2) is 45.3 Å². The van der Waals surface area contributed by atoms with E-state index in [1.165, 1.54) is 0 Å². The molecule has 0 radical (unpaired) electrons. The van der Waals surface area contributed by atoms with Crippen molar-refractivity contribution in [2.45, 2.75) is 89.5 Å². The van der Waals surface area contributed by atoms with Crippen LogP contribution in [0, 0.1) is 11.8 Å². The van der Waals surface area contributed by atoms with Crippen molar-refractivity contribution in [2.24, 2.45) is 11.8 Å². The van der Waals surface area contributed by atoms with E-state index in [9.17, 15) is 19.8 Å². The van der Waals surface area contributed by atoms with Crippen molar-refractivity contribution in [1.82, 2.24) is 10.6 Å². The summed E-state index contributed by atoms with van der Waals surface area (Å²) < 4.78 is 0. The average molecular weight is 649 g/mol. The van der Waals surface area contributed by atoms with Crippen molar-refractivity contribution in [3.8, 4) is 0 Å². The third-order valence-electron chi connectivity index (χ3n) is 8.94. The molecule has 254 valence electrons. The van der Waals surface area contributed by atoms with Crippen molar-refractivity contribution in [3.63, 3.8) is 0 Å². The summed E-state index contributed by atoms with van der Waals surface area (Å²) in [5.74, 6) is -1.38. The Bertz CT molecular complexity index is 1340. The topological polar surface area (TPSA) is 98.7 Å². The molecular formula is C42H52N2O4. The maximum atomic E-state index is 13.8. The van der Waals surface area contributed by atoms with E-state index in [-0.39, 0.29) is 11.8 Å². The first-order valence-corrected chi connectivity index (χ1v) is 17.2. The van der Waals surface area contributed by atoms with E-state index in [0.717, 1.165) is 22.3 Å². The average Bonchev–Trinajstić information content (AvgIpc) is 3.05. The molecule has 0 aliphatic rings. The van der Waals surface area contributed by atoms with Gasteiger partial charge in [0.05, 0.1) is 23.3 Å². The first-order chi connectivity index (χ1) is 23.0. The first kappa shape index (κ1) is 36.6. The van der Waals surface area contributed by atoms with E-state index >= 15 is 0 Å². The van der Waals surface area contributed by atoms with E-state index < -0.39 is 35.1 Å². The van der Waals surface area contributed by atoms with Gasteiger partial charge < -0.3 is 20.8 Å². The highest BCUT2D eigenvalue weighted by molar-refractivity contribution is 6.35. The number of aliphatic hydroxyl groups is 2. The molecule has 48 heavy (non-hydrogen) atoms. The Hall–Kier alpha value is -4.26. The van der Waals surface area contributed by atoms with Crippen LogP contribution >= 0.6 is 0 Å². The second kappa shape index (κ2) is 17.2. The van der Waals surface area contributed by atoms with Gasteiger partial charge in [0.15, 0.2) is 0 Å². The number of amides is 2. The zero-order chi connectivity index (χ0) is 34.6. The van der Waals surface area contributed by atoms with Crippen molar-refractivity contribution in [2.75, 3.05) is 0 Å². The molecular weight excluding hydrogens is 596 g/mol. The number of rotatable bonds is 16. The van der Waals surface area contributed by atoms with Gasteiger partial charge >= 0.3 is 11.8 Å². The number of carbonyl (C=O) groups is 2. The highest BCUT2D eigenvalue weighted by Gasteiger charge is 2.42. The molecule has 0 aliphatic carbocycles. The smallest absolute Gasteiger partial charge is 0.309 e. The third kappa shape index (κ3) is 10.9. The molecule has 0 saturated heterocycles. The van der Waals surface area contributed by atoms with Gasteiger partial charge in [-0.1, -0.05) is 149 Å². The second-order valence-corrected chi connectivity index (χ2v) is 14.2. The number of hydrogen-bond donors (Lipinski definition) is 4. The Morgan fingerprint density at radius 2 is 0.708 bits per heavy atom. The number of hydrogen-bond acceptors (Lipinski definition) is 4. The molecule has 2 atom stereocenters. The van der Waals surface area contributed by atoms with Crippen LogP contribution in [-0.2, 0) is 35.3 Å². The Labute approximate surface area is 286 Å². The summed E-state index contributed by atoms with van der Waals surface area (Å²) in [5, 5.41) is 30.8. The number of nitrogens with one attached hydrogen (secondary N) is 2. The third-order valence-corrected chi connectivity index (χ3v) is 8.94. The van der Waals surface area contributed by atoms with Crippen molar-refractivity contribution in [1.29, 1.82) is 0 Å².